The maximum Gasteiger partial charge on any atom is 0.124 e. The van der Waals surface area contributed by atoms with E-state index in [2.05, 4.69) is 34.4 Å². The Labute approximate surface area is 104 Å². The fourth-order valence-corrected chi connectivity index (χ4v) is 2.81. The molecule has 3 heteroatoms. The smallest absolute Gasteiger partial charge is 0.124 e. The van der Waals surface area contributed by atoms with Crippen molar-refractivity contribution >= 4 is 28.3 Å². The number of rotatable bonds is 1. The lowest BCUT2D eigenvalue weighted by atomic mass is 9.99. The van der Waals surface area contributed by atoms with Gasteiger partial charge in [-0.25, -0.2) is 4.39 Å². The van der Waals surface area contributed by atoms with Gasteiger partial charge in [-0.3, -0.25) is 0 Å². The third kappa shape index (κ3) is 2.62. The predicted molar refractivity (Wildman–Crippen MR) is 69.7 cm³/mol. The van der Waals surface area contributed by atoms with Gasteiger partial charge < -0.3 is 4.90 Å². The monoisotopic (exact) mass is 319 g/mol. The first-order valence-electron chi connectivity index (χ1n) is 5.37. The van der Waals surface area contributed by atoms with Crippen LogP contribution in [0.1, 0.15) is 19.8 Å². The van der Waals surface area contributed by atoms with Gasteiger partial charge in [-0.1, -0.05) is 6.92 Å². The fraction of sp³-hybridized carbons (Fsp3) is 0.500. The predicted octanol–water partition coefficient (Wildman–Crippen LogP) is 3.67. The Morgan fingerprint density at radius 2 is 2.00 bits per heavy atom. The molecule has 0 bridgehead atoms. The zero-order valence-electron chi connectivity index (χ0n) is 8.84. The van der Waals surface area contributed by atoms with Crippen LogP contribution in [0.15, 0.2) is 18.2 Å². The molecule has 1 aromatic carbocycles. The number of hydrogen-bond donors (Lipinski definition) is 0. The highest BCUT2D eigenvalue weighted by molar-refractivity contribution is 14.1. The standard InChI is InChI=1S/C12H15FIN/c1-9-4-6-15(7-5-9)12-3-2-10(13)8-11(12)14/h2-3,8-9H,4-7H2,1H3. The van der Waals surface area contributed by atoms with Gasteiger partial charge in [0.2, 0.25) is 0 Å². The molecule has 1 fully saturated rings. The van der Waals surface area contributed by atoms with Crippen molar-refractivity contribution in [3.63, 3.8) is 0 Å². The van der Waals surface area contributed by atoms with Gasteiger partial charge in [0.25, 0.3) is 0 Å². The molecule has 0 aliphatic carbocycles. The third-order valence-electron chi connectivity index (χ3n) is 3.03. The van der Waals surface area contributed by atoms with Crippen LogP contribution in [-0.4, -0.2) is 13.1 Å². The Morgan fingerprint density at radius 1 is 1.33 bits per heavy atom. The Hall–Kier alpha value is -0.320. The SMILES string of the molecule is CC1CCN(c2ccc(F)cc2I)CC1. The largest absolute Gasteiger partial charge is 0.371 e. The summed E-state index contributed by atoms with van der Waals surface area (Å²) in [4.78, 5) is 2.36. The molecule has 0 N–H and O–H groups in total. The van der Waals surface area contributed by atoms with E-state index < -0.39 is 0 Å². The molecule has 0 spiro atoms. The van der Waals surface area contributed by atoms with Crippen LogP contribution in [0.25, 0.3) is 0 Å². The molecule has 15 heavy (non-hydrogen) atoms. The molecular formula is C12H15FIN. The maximum atomic E-state index is 13.0. The highest BCUT2D eigenvalue weighted by atomic mass is 127. The average molecular weight is 319 g/mol. The number of halogens is 2. The lowest BCUT2D eigenvalue weighted by molar-refractivity contribution is 0.438. The van der Waals surface area contributed by atoms with Crippen molar-refractivity contribution in [3.05, 3.63) is 27.6 Å². The van der Waals surface area contributed by atoms with E-state index in [4.69, 9.17) is 0 Å². The van der Waals surface area contributed by atoms with Crippen LogP contribution in [0.5, 0.6) is 0 Å². The van der Waals surface area contributed by atoms with E-state index in [0.29, 0.717) is 0 Å². The minimum absolute atomic E-state index is 0.145. The van der Waals surface area contributed by atoms with Crippen LogP contribution >= 0.6 is 22.6 Å². The van der Waals surface area contributed by atoms with Crippen LogP contribution in [0.3, 0.4) is 0 Å². The van der Waals surface area contributed by atoms with Crippen molar-refractivity contribution in [1.82, 2.24) is 0 Å². The Bertz CT molecular complexity index is 345. The van der Waals surface area contributed by atoms with E-state index in [1.807, 2.05) is 6.07 Å². The first kappa shape index (κ1) is 11.2. The highest BCUT2D eigenvalue weighted by Gasteiger charge is 2.17. The van der Waals surface area contributed by atoms with Gasteiger partial charge in [-0.2, -0.15) is 0 Å². The molecule has 1 saturated heterocycles. The van der Waals surface area contributed by atoms with E-state index in [0.717, 1.165) is 22.6 Å². The van der Waals surface area contributed by atoms with E-state index in [-0.39, 0.29) is 5.82 Å². The summed E-state index contributed by atoms with van der Waals surface area (Å²) in [7, 11) is 0. The molecule has 0 radical (unpaired) electrons. The molecule has 1 aliphatic rings. The topological polar surface area (TPSA) is 3.24 Å². The quantitative estimate of drug-likeness (QED) is 0.714. The van der Waals surface area contributed by atoms with Gasteiger partial charge in [0.05, 0.1) is 5.69 Å². The first-order chi connectivity index (χ1) is 7.16. The molecule has 82 valence electrons. The summed E-state index contributed by atoms with van der Waals surface area (Å²) >= 11 is 2.21. The van der Waals surface area contributed by atoms with Gasteiger partial charge >= 0.3 is 0 Å². The van der Waals surface area contributed by atoms with Crippen molar-refractivity contribution in [1.29, 1.82) is 0 Å². The molecule has 0 unspecified atom stereocenters. The normalized spacial score (nSPS) is 18.2. The van der Waals surface area contributed by atoms with Crippen LogP contribution in [-0.2, 0) is 0 Å². The summed E-state index contributed by atoms with van der Waals surface area (Å²) in [5, 5.41) is 0. The molecule has 1 aromatic rings. The van der Waals surface area contributed by atoms with Crippen molar-refractivity contribution in [2.45, 2.75) is 19.8 Å². The van der Waals surface area contributed by atoms with Crippen LogP contribution in [0.2, 0.25) is 0 Å². The number of benzene rings is 1. The van der Waals surface area contributed by atoms with Crippen LogP contribution < -0.4 is 4.90 Å². The Morgan fingerprint density at radius 3 is 2.60 bits per heavy atom. The average Bonchev–Trinajstić information content (AvgIpc) is 2.20. The number of anilines is 1. The van der Waals surface area contributed by atoms with E-state index in [1.54, 1.807) is 12.1 Å². The summed E-state index contributed by atoms with van der Waals surface area (Å²) in [6.45, 7) is 4.50. The zero-order valence-corrected chi connectivity index (χ0v) is 11.0. The maximum absolute atomic E-state index is 13.0. The Balaban J connectivity index is 2.15. The summed E-state index contributed by atoms with van der Waals surface area (Å²) in [5.41, 5.74) is 1.18. The van der Waals surface area contributed by atoms with Gasteiger partial charge in [0.1, 0.15) is 5.82 Å². The summed E-state index contributed by atoms with van der Waals surface area (Å²) in [6.07, 6.45) is 2.49. The lowest BCUT2D eigenvalue weighted by Crippen LogP contribution is -2.33. The zero-order chi connectivity index (χ0) is 10.8. The highest BCUT2D eigenvalue weighted by Crippen LogP contribution is 2.27. The van der Waals surface area contributed by atoms with E-state index in [9.17, 15) is 4.39 Å². The molecule has 2 rings (SSSR count). The number of nitrogens with zero attached hydrogens (tertiary/aromatic N) is 1. The molecule has 0 amide bonds. The van der Waals surface area contributed by atoms with E-state index in [1.165, 1.54) is 18.5 Å². The molecular weight excluding hydrogens is 304 g/mol. The molecule has 1 nitrogen and oxygen atoms in total. The van der Waals surface area contributed by atoms with Crippen molar-refractivity contribution in [2.24, 2.45) is 5.92 Å². The van der Waals surface area contributed by atoms with Crippen LogP contribution in [0.4, 0.5) is 10.1 Å². The molecule has 0 atom stereocenters. The van der Waals surface area contributed by atoms with Crippen molar-refractivity contribution < 1.29 is 4.39 Å². The summed E-state index contributed by atoms with van der Waals surface area (Å²) in [6, 6.07) is 5.05. The number of piperidine rings is 1. The third-order valence-corrected chi connectivity index (χ3v) is 3.90. The van der Waals surface area contributed by atoms with Gasteiger partial charge in [-0.05, 0) is 59.5 Å². The second-order valence-electron chi connectivity index (χ2n) is 4.27. The number of hydrogen-bond acceptors (Lipinski definition) is 1. The summed E-state index contributed by atoms with van der Waals surface area (Å²) < 4.78 is 14.0. The molecule has 0 aromatic heterocycles. The van der Waals surface area contributed by atoms with Gasteiger partial charge in [0, 0.05) is 16.7 Å². The first-order valence-corrected chi connectivity index (χ1v) is 6.44. The fourth-order valence-electron chi connectivity index (χ4n) is 1.99. The molecule has 1 aliphatic heterocycles. The minimum atomic E-state index is -0.145. The van der Waals surface area contributed by atoms with Crippen molar-refractivity contribution in [3.8, 4) is 0 Å². The van der Waals surface area contributed by atoms with Gasteiger partial charge in [0.15, 0.2) is 0 Å². The Kier molecular flexibility index (Phi) is 3.49. The van der Waals surface area contributed by atoms with Crippen molar-refractivity contribution in [2.75, 3.05) is 18.0 Å². The van der Waals surface area contributed by atoms with E-state index >= 15 is 0 Å². The molecule has 0 saturated carbocycles. The minimum Gasteiger partial charge on any atom is -0.371 e. The summed E-state index contributed by atoms with van der Waals surface area (Å²) in [5.74, 6) is 0.688. The lowest BCUT2D eigenvalue weighted by Gasteiger charge is -2.32. The molecule has 1 heterocycles. The second-order valence-corrected chi connectivity index (χ2v) is 5.43. The second kappa shape index (κ2) is 4.68. The van der Waals surface area contributed by atoms with Gasteiger partial charge in [-0.15, -0.1) is 0 Å². The van der Waals surface area contributed by atoms with Crippen LogP contribution in [0, 0.1) is 15.3 Å².